The molecule has 0 saturated heterocycles. The van der Waals surface area contributed by atoms with Crippen molar-refractivity contribution in [3.63, 3.8) is 0 Å². The summed E-state index contributed by atoms with van der Waals surface area (Å²) in [6.45, 7) is 15.8. The summed E-state index contributed by atoms with van der Waals surface area (Å²) in [7, 11) is 1.47. The number of esters is 2. The molecule has 0 radical (unpaired) electrons. The Morgan fingerprint density at radius 3 is 2.32 bits per heavy atom. The molecular weight excluding hydrogens is 715 g/mol. The first kappa shape index (κ1) is 43.2. The number of hydrogen-bond donors (Lipinski definition) is 3. The number of amidine groups is 1. The van der Waals surface area contributed by atoms with E-state index >= 15 is 0 Å². The number of rotatable bonds is 19. The third kappa shape index (κ3) is 12.0. The van der Waals surface area contributed by atoms with Crippen molar-refractivity contribution in [2.45, 2.75) is 79.9 Å². The zero-order valence-corrected chi connectivity index (χ0v) is 33.5. The van der Waals surface area contributed by atoms with Gasteiger partial charge in [-0.05, 0) is 94.5 Å². The van der Waals surface area contributed by atoms with Gasteiger partial charge >= 0.3 is 11.9 Å². The number of hydrogen-bond acceptors (Lipinski definition) is 10. The highest BCUT2D eigenvalue weighted by Crippen LogP contribution is 2.35. The lowest BCUT2D eigenvalue weighted by Crippen LogP contribution is -2.34. The van der Waals surface area contributed by atoms with Crippen LogP contribution in [0.25, 0.3) is 17.2 Å². The Hall–Kier alpha value is -5.56. The average molecular weight is 770 g/mol. The van der Waals surface area contributed by atoms with Gasteiger partial charge in [0.05, 0.1) is 12.5 Å². The smallest absolute Gasteiger partial charge is 0.360 e. The molecule has 1 aliphatic rings. The molecule has 4 N–H and O–H groups in total. The molecule has 1 aromatic heterocycles. The molecule has 3 aromatic rings. The summed E-state index contributed by atoms with van der Waals surface area (Å²) in [5.74, 6) is -1.87. The van der Waals surface area contributed by atoms with Crippen LogP contribution >= 0.6 is 0 Å². The van der Waals surface area contributed by atoms with Crippen LogP contribution in [-0.4, -0.2) is 67.9 Å². The van der Waals surface area contributed by atoms with Gasteiger partial charge in [0.15, 0.2) is 5.69 Å². The van der Waals surface area contributed by atoms with E-state index in [2.05, 4.69) is 34.1 Å². The average Bonchev–Trinajstić information content (AvgIpc) is 4.01. The minimum Gasteiger partial charge on any atom is -0.496 e. The lowest BCUT2D eigenvalue weighted by molar-refractivity contribution is -0.184. The summed E-state index contributed by atoms with van der Waals surface area (Å²) in [4.78, 5) is 63.1. The number of nitrogens with one attached hydrogen (secondary N) is 2. The molecule has 1 atom stereocenters. The predicted molar refractivity (Wildman–Crippen MR) is 216 cm³/mol. The van der Waals surface area contributed by atoms with Crippen molar-refractivity contribution in [3.8, 4) is 16.9 Å². The summed E-state index contributed by atoms with van der Waals surface area (Å²) >= 11 is 0. The Morgan fingerprint density at radius 2 is 1.71 bits per heavy atom. The lowest BCUT2D eigenvalue weighted by atomic mass is 9.94. The van der Waals surface area contributed by atoms with Crippen LogP contribution in [-0.2, 0) is 19.0 Å². The molecule has 1 unspecified atom stereocenters. The lowest BCUT2D eigenvalue weighted by Gasteiger charge is -2.25. The van der Waals surface area contributed by atoms with Gasteiger partial charge in [0.2, 0.25) is 6.29 Å². The number of anilines is 1. The van der Waals surface area contributed by atoms with E-state index < -0.39 is 41.4 Å². The number of nitrogens with two attached hydrogens (primary N) is 1. The second-order valence-electron chi connectivity index (χ2n) is 15.1. The van der Waals surface area contributed by atoms with Crippen molar-refractivity contribution in [1.82, 2.24) is 10.3 Å². The minimum atomic E-state index is -1.27. The summed E-state index contributed by atoms with van der Waals surface area (Å²) < 4.78 is 22.6. The fourth-order valence-corrected chi connectivity index (χ4v) is 5.34. The van der Waals surface area contributed by atoms with Crippen LogP contribution in [0.3, 0.4) is 0 Å². The molecule has 0 bridgehead atoms. The first-order valence-corrected chi connectivity index (χ1v) is 19.0. The maximum absolute atomic E-state index is 14.1. The van der Waals surface area contributed by atoms with Crippen LogP contribution in [0.2, 0.25) is 0 Å². The number of methoxy groups -OCH3 is 1. The second kappa shape index (κ2) is 19.9. The SMILES string of the molecule is C=Cc1cc(C(=O)Nc2ccc(/C(N)=N/COCCCCC)cc2)c(-c2ccc(C(=O)NCC3CC3)nc2C(=O)OC(OC(=O)C(C)(C)C)C(C)C)cc1OC. The first-order chi connectivity index (χ1) is 26.7. The zero-order chi connectivity index (χ0) is 41.0. The Labute approximate surface area is 329 Å². The van der Waals surface area contributed by atoms with Crippen LogP contribution in [0.5, 0.6) is 5.75 Å². The zero-order valence-electron chi connectivity index (χ0n) is 33.5. The molecule has 1 fully saturated rings. The topological polar surface area (TPSA) is 181 Å². The molecule has 1 aliphatic carbocycles. The Kier molecular flexibility index (Phi) is 15.3. The third-order valence-corrected chi connectivity index (χ3v) is 8.95. The number of carbonyl (C=O) groups excluding carboxylic acids is 4. The second-order valence-corrected chi connectivity index (χ2v) is 15.1. The van der Waals surface area contributed by atoms with E-state index in [1.807, 2.05) is 0 Å². The maximum Gasteiger partial charge on any atom is 0.360 e. The quantitative estimate of drug-likeness (QED) is 0.0366. The molecule has 0 aliphatic heterocycles. The van der Waals surface area contributed by atoms with Gasteiger partial charge in [-0.25, -0.2) is 14.8 Å². The van der Waals surface area contributed by atoms with Crippen LogP contribution in [0.1, 0.15) is 116 Å². The van der Waals surface area contributed by atoms with Gasteiger partial charge in [-0.1, -0.05) is 46.3 Å². The fourth-order valence-electron chi connectivity index (χ4n) is 5.34. The number of aliphatic imine (C=N–C) groups is 1. The molecule has 0 spiro atoms. The molecule has 4 rings (SSSR count). The van der Waals surface area contributed by atoms with E-state index in [-0.39, 0.29) is 34.8 Å². The van der Waals surface area contributed by atoms with Gasteiger partial charge in [0.1, 0.15) is 24.0 Å². The highest BCUT2D eigenvalue weighted by Gasteiger charge is 2.32. The molecule has 300 valence electrons. The van der Waals surface area contributed by atoms with Crippen molar-refractivity contribution in [3.05, 3.63) is 83.2 Å². The molecular formula is C43H55N5O8. The minimum absolute atomic E-state index is 0.0271. The molecule has 1 heterocycles. The number of nitrogens with zero attached hydrogens (tertiary/aromatic N) is 2. The maximum atomic E-state index is 14.1. The molecule has 13 nitrogen and oxygen atoms in total. The van der Waals surface area contributed by atoms with E-state index in [1.54, 1.807) is 77.1 Å². The van der Waals surface area contributed by atoms with Crippen LogP contribution in [0.4, 0.5) is 5.69 Å². The highest BCUT2D eigenvalue weighted by molar-refractivity contribution is 6.11. The van der Waals surface area contributed by atoms with Crippen LogP contribution in [0.15, 0.2) is 60.1 Å². The van der Waals surface area contributed by atoms with Crippen molar-refractivity contribution in [1.29, 1.82) is 0 Å². The van der Waals surface area contributed by atoms with E-state index in [4.69, 9.17) is 24.7 Å². The Bertz CT molecular complexity index is 1910. The summed E-state index contributed by atoms with van der Waals surface area (Å²) in [5.41, 5.74) is 7.23. The van der Waals surface area contributed by atoms with Gasteiger partial charge in [0, 0.05) is 52.6 Å². The number of benzene rings is 2. The van der Waals surface area contributed by atoms with Gasteiger partial charge < -0.3 is 35.3 Å². The van der Waals surface area contributed by atoms with Gasteiger partial charge in [-0.3, -0.25) is 14.4 Å². The van der Waals surface area contributed by atoms with Gasteiger partial charge in [0.25, 0.3) is 11.8 Å². The van der Waals surface area contributed by atoms with E-state index in [0.29, 0.717) is 47.5 Å². The van der Waals surface area contributed by atoms with E-state index in [0.717, 1.165) is 32.1 Å². The predicted octanol–water partition coefficient (Wildman–Crippen LogP) is 7.39. The van der Waals surface area contributed by atoms with Crippen molar-refractivity contribution in [2.24, 2.45) is 28.0 Å². The number of amides is 2. The summed E-state index contributed by atoms with van der Waals surface area (Å²) in [5, 5.41) is 5.78. The first-order valence-electron chi connectivity index (χ1n) is 19.0. The Morgan fingerprint density at radius 1 is 1.00 bits per heavy atom. The molecule has 2 aromatic carbocycles. The van der Waals surface area contributed by atoms with E-state index in [9.17, 15) is 19.2 Å². The standard InChI is InChI=1S/C43H55N5O8/c1-9-11-12-21-54-25-46-37(44)29-15-17-30(18-16-29)47-38(49)33-22-28(10-2)35(53-8)23-32(33)31-19-20-34(39(50)45-24-27-13-14-27)48-36(31)40(51)55-41(26(3)4)56-42(52)43(5,6)7/h10,15-20,22-23,26-27,41H,2,9,11-14,21,24-25H2,1,3-8H3,(H2,44,46)(H,45,50)(H,47,49). The Balaban J connectivity index is 1.71. The molecule has 13 heteroatoms. The normalized spacial score (nSPS) is 13.5. The largest absolute Gasteiger partial charge is 0.496 e. The number of unbranched alkanes of at least 4 members (excludes halogenated alkanes) is 2. The fraction of sp³-hybridized carbons (Fsp3) is 0.442. The van der Waals surface area contributed by atoms with Crippen molar-refractivity contribution in [2.75, 3.05) is 32.3 Å². The molecule has 1 saturated carbocycles. The molecule has 2 amide bonds. The number of pyridine rings is 1. The monoisotopic (exact) mass is 769 g/mol. The summed E-state index contributed by atoms with van der Waals surface area (Å²) in [6.07, 6.45) is 5.49. The summed E-state index contributed by atoms with van der Waals surface area (Å²) in [6, 6.07) is 13.0. The van der Waals surface area contributed by atoms with Gasteiger partial charge in [-0.15, -0.1) is 0 Å². The number of aromatic nitrogens is 1. The number of ether oxygens (including phenoxy) is 4. The molecule has 56 heavy (non-hydrogen) atoms. The van der Waals surface area contributed by atoms with Crippen molar-refractivity contribution >= 4 is 41.4 Å². The van der Waals surface area contributed by atoms with Crippen LogP contribution < -0.4 is 21.1 Å². The third-order valence-electron chi connectivity index (χ3n) is 8.95. The van der Waals surface area contributed by atoms with Crippen molar-refractivity contribution < 1.29 is 38.1 Å². The number of carbonyl (C=O) groups is 4. The van der Waals surface area contributed by atoms with Crippen LogP contribution in [0, 0.1) is 17.3 Å². The highest BCUT2D eigenvalue weighted by atomic mass is 16.7. The van der Waals surface area contributed by atoms with Gasteiger partial charge in [-0.2, -0.15) is 0 Å². The van der Waals surface area contributed by atoms with E-state index in [1.165, 1.54) is 19.2 Å².